The van der Waals surface area contributed by atoms with Crippen LogP contribution in [0.15, 0.2) is 48.5 Å². The van der Waals surface area contributed by atoms with E-state index in [1.54, 1.807) is 0 Å². The zero-order valence-electron chi connectivity index (χ0n) is 10.5. The molecule has 4 rings (SSSR count). The molecular weight excluding hydrogens is 252 g/mol. The summed E-state index contributed by atoms with van der Waals surface area (Å²) in [7, 11) is 0. The van der Waals surface area contributed by atoms with Gasteiger partial charge in [0.2, 0.25) is 0 Å². The molecule has 0 aromatic heterocycles. The molecule has 4 aromatic rings. The molecule has 0 amide bonds. The van der Waals surface area contributed by atoms with Crippen molar-refractivity contribution < 1.29 is 4.92 Å². The van der Waals surface area contributed by atoms with E-state index in [9.17, 15) is 10.1 Å². The topological polar surface area (TPSA) is 69.2 Å². The van der Waals surface area contributed by atoms with Crippen LogP contribution in [0, 0.1) is 10.1 Å². The first-order valence-electron chi connectivity index (χ1n) is 6.27. The van der Waals surface area contributed by atoms with Gasteiger partial charge in [-0.05, 0) is 22.2 Å². The lowest BCUT2D eigenvalue weighted by molar-refractivity contribution is -0.383. The third-order valence-electron chi connectivity index (χ3n) is 3.85. The van der Waals surface area contributed by atoms with Gasteiger partial charge in [0.15, 0.2) is 0 Å². The van der Waals surface area contributed by atoms with E-state index in [0.717, 1.165) is 26.9 Å². The minimum Gasteiger partial charge on any atom is -0.398 e. The number of nitro benzene ring substituents is 1. The number of benzene rings is 4. The molecule has 0 radical (unpaired) electrons. The fraction of sp³-hybridized carbons (Fsp3) is 0. The van der Waals surface area contributed by atoms with Crippen LogP contribution in [0.1, 0.15) is 0 Å². The molecule has 20 heavy (non-hydrogen) atoms. The van der Waals surface area contributed by atoms with Crippen LogP contribution in [0.3, 0.4) is 0 Å². The lowest BCUT2D eigenvalue weighted by atomic mass is 9.93. The summed E-state index contributed by atoms with van der Waals surface area (Å²) >= 11 is 0. The largest absolute Gasteiger partial charge is 0.398 e. The van der Waals surface area contributed by atoms with E-state index in [2.05, 4.69) is 0 Å². The zero-order valence-corrected chi connectivity index (χ0v) is 10.5. The maximum absolute atomic E-state index is 11.2. The van der Waals surface area contributed by atoms with E-state index in [1.165, 1.54) is 6.07 Å². The Bertz CT molecular complexity index is 976. The van der Waals surface area contributed by atoms with E-state index in [-0.39, 0.29) is 10.6 Å². The van der Waals surface area contributed by atoms with Crippen LogP contribution in [-0.2, 0) is 0 Å². The number of non-ortho nitro benzene ring substituents is 1. The number of hydrogen-bond donors (Lipinski definition) is 1. The summed E-state index contributed by atoms with van der Waals surface area (Å²) < 4.78 is 0. The quantitative estimate of drug-likeness (QED) is 0.243. The van der Waals surface area contributed by atoms with Gasteiger partial charge in [-0.25, -0.2) is 0 Å². The number of nitrogens with zero attached hydrogens (tertiary/aromatic N) is 1. The highest BCUT2D eigenvalue weighted by Gasteiger charge is 2.18. The van der Waals surface area contributed by atoms with Crippen molar-refractivity contribution in [2.24, 2.45) is 0 Å². The molecule has 2 N–H and O–H groups in total. The Labute approximate surface area is 113 Å². The second-order valence-electron chi connectivity index (χ2n) is 4.92. The minimum atomic E-state index is -0.373. The Kier molecular flexibility index (Phi) is 1.96. The van der Waals surface area contributed by atoms with Gasteiger partial charge in [-0.3, -0.25) is 10.1 Å². The summed E-state index contributed by atoms with van der Waals surface area (Å²) in [5.74, 6) is 0. The van der Waals surface area contributed by atoms with E-state index >= 15 is 0 Å². The zero-order chi connectivity index (χ0) is 13.9. The number of rotatable bonds is 1. The van der Waals surface area contributed by atoms with E-state index in [4.69, 9.17) is 5.73 Å². The summed E-state index contributed by atoms with van der Waals surface area (Å²) in [5.41, 5.74) is 6.51. The average Bonchev–Trinajstić information content (AvgIpc) is 2.46. The van der Waals surface area contributed by atoms with Gasteiger partial charge >= 0.3 is 0 Å². The van der Waals surface area contributed by atoms with Crippen molar-refractivity contribution in [2.45, 2.75) is 0 Å². The number of hydrogen-bond acceptors (Lipinski definition) is 3. The predicted molar refractivity (Wildman–Crippen MR) is 81.2 cm³/mol. The Balaban J connectivity index is 2.41. The van der Waals surface area contributed by atoms with Crippen molar-refractivity contribution >= 4 is 43.7 Å². The standard InChI is InChI=1S/C16H10N2O2/c17-13-8-14(18(19)20)12-7-5-10-3-1-2-9-4-6-11(13)16(12)15(9)10/h1-8H,17H2. The lowest BCUT2D eigenvalue weighted by Gasteiger charge is -2.12. The van der Waals surface area contributed by atoms with Gasteiger partial charge in [0.05, 0.1) is 10.3 Å². The van der Waals surface area contributed by atoms with Crippen LogP contribution in [0.25, 0.3) is 32.3 Å². The molecule has 4 nitrogen and oxygen atoms in total. The predicted octanol–water partition coefficient (Wildman–Crippen LogP) is 4.07. The van der Waals surface area contributed by atoms with Crippen molar-refractivity contribution in [1.82, 2.24) is 0 Å². The SMILES string of the molecule is Nc1cc([N+](=O)[O-])c2ccc3cccc4ccc1c2c43. The lowest BCUT2D eigenvalue weighted by Crippen LogP contribution is -1.96. The first-order valence-corrected chi connectivity index (χ1v) is 6.27. The van der Waals surface area contributed by atoms with Crippen molar-refractivity contribution in [1.29, 1.82) is 0 Å². The molecule has 0 heterocycles. The summed E-state index contributed by atoms with van der Waals surface area (Å²) in [5, 5.41) is 16.8. The van der Waals surface area contributed by atoms with Gasteiger partial charge in [-0.2, -0.15) is 0 Å². The van der Waals surface area contributed by atoms with Crippen LogP contribution < -0.4 is 5.73 Å². The smallest absolute Gasteiger partial charge is 0.279 e. The molecule has 0 aliphatic carbocycles. The molecular formula is C16H10N2O2. The molecule has 0 atom stereocenters. The molecule has 4 heteroatoms. The van der Waals surface area contributed by atoms with Crippen LogP contribution in [-0.4, -0.2) is 4.92 Å². The Hall–Kier alpha value is -2.88. The minimum absolute atomic E-state index is 0.0632. The van der Waals surface area contributed by atoms with Crippen LogP contribution >= 0.6 is 0 Å². The van der Waals surface area contributed by atoms with Crippen LogP contribution in [0.4, 0.5) is 11.4 Å². The highest BCUT2D eigenvalue weighted by atomic mass is 16.6. The van der Waals surface area contributed by atoms with Crippen molar-refractivity contribution in [3.05, 3.63) is 58.6 Å². The highest BCUT2D eigenvalue weighted by Crippen LogP contribution is 2.40. The van der Waals surface area contributed by atoms with Crippen molar-refractivity contribution in [2.75, 3.05) is 5.73 Å². The number of nitrogens with two attached hydrogens (primary N) is 1. The maximum Gasteiger partial charge on any atom is 0.279 e. The molecule has 0 saturated heterocycles. The summed E-state index contributed by atoms with van der Waals surface area (Å²) in [6, 6.07) is 15.1. The van der Waals surface area contributed by atoms with E-state index in [1.807, 2.05) is 42.5 Å². The number of nitro groups is 1. The normalized spacial score (nSPS) is 11.6. The third kappa shape index (κ3) is 1.25. The molecule has 0 aliphatic rings. The molecule has 0 unspecified atom stereocenters. The molecule has 96 valence electrons. The summed E-state index contributed by atoms with van der Waals surface area (Å²) in [6.45, 7) is 0. The Morgan fingerprint density at radius 2 is 1.55 bits per heavy atom. The maximum atomic E-state index is 11.2. The van der Waals surface area contributed by atoms with Gasteiger partial charge < -0.3 is 5.73 Å². The molecule has 0 spiro atoms. The molecule has 0 aliphatic heterocycles. The monoisotopic (exact) mass is 262 g/mol. The second kappa shape index (κ2) is 3.57. The molecule has 0 fully saturated rings. The molecule has 0 saturated carbocycles. The van der Waals surface area contributed by atoms with Gasteiger partial charge in [0, 0.05) is 22.5 Å². The summed E-state index contributed by atoms with van der Waals surface area (Å²) in [6.07, 6.45) is 0. The number of nitrogen functional groups attached to an aromatic ring is 1. The fourth-order valence-corrected chi connectivity index (χ4v) is 2.99. The highest BCUT2D eigenvalue weighted by molar-refractivity contribution is 6.26. The second-order valence-corrected chi connectivity index (χ2v) is 4.92. The first-order chi connectivity index (χ1) is 9.66. The van der Waals surface area contributed by atoms with Crippen LogP contribution in [0.2, 0.25) is 0 Å². The van der Waals surface area contributed by atoms with Gasteiger partial charge in [-0.1, -0.05) is 36.4 Å². The summed E-state index contributed by atoms with van der Waals surface area (Å²) in [4.78, 5) is 10.9. The van der Waals surface area contributed by atoms with Gasteiger partial charge in [0.25, 0.3) is 5.69 Å². The molecule has 0 bridgehead atoms. The first kappa shape index (κ1) is 11.0. The van der Waals surface area contributed by atoms with Gasteiger partial charge in [-0.15, -0.1) is 0 Å². The Morgan fingerprint density at radius 3 is 2.20 bits per heavy atom. The fourth-order valence-electron chi connectivity index (χ4n) is 2.99. The van der Waals surface area contributed by atoms with Crippen molar-refractivity contribution in [3.63, 3.8) is 0 Å². The molecule has 4 aromatic carbocycles. The average molecular weight is 262 g/mol. The number of anilines is 1. The Morgan fingerprint density at radius 1 is 0.900 bits per heavy atom. The van der Waals surface area contributed by atoms with E-state index < -0.39 is 0 Å². The van der Waals surface area contributed by atoms with E-state index in [0.29, 0.717) is 11.1 Å². The van der Waals surface area contributed by atoms with Gasteiger partial charge in [0.1, 0.15) is 0 Å². The van der Waals surface area contributed by atoms with Crippen LogP contribution in [0.5, 0.6) is 0 Å². The third-order valence-corrected chi connectivity index (χ3v) is 3.85. The van der Waals surface area contributed by atoms with Crippen molar-refractivity contribution in [3.8, 4) is 0 Å².